The van der Waals surface area contributed by atoms with Crippen LogP contribution in [0.4, 0.5) is 0 Å². The van der Waals surface area contributed by atoms with E-state index in [0.717, 1.165) is 0 Å². The average molecular weight is 173 g/mol. The van der Waals surface area contributed by atoms with E-state index in [9.17, 15) is 0 Å². The van der Waals surface area contributed by atoms with Crippen molar-refractivity contribution in [3.05, 3.63) is 0 Å². The molecular formula is C11H27N. The molecule has 0 spiro atoms. The molecule has 0 fully saturated rings. The van der Waals surface area contributed by atoms with Gasteiger partial charge in [-0.2, -0.15) is 0 Å². The quantitative estimate of drug-likeness (QED) is 0.614. The normalized spacial score (nSPS) is 9.50. The lowest BCUT2D eigenvalue weighted by atomic mass is 10.3. The Kier molecular flexibility index (Phi) is 16.3. The number of rotatable bonds is 5. The average Bonchev–Trinajstić information content (AvgIpc) is 2.07. The van der Waals surface area contributed by atoms with Gasteiger partial charge in [-0.25, -0.2) is 0 Å². The molecule has 0 heterocycles. The molecule has 12 heavy (non-hydrogen) atoms. The second kappa shape index (κ2) is 13.5. The zero-order valence-corrected chi connectivity index (χ0v) is 9.69. The Labute approximate surface area is 79.2 Å². The van der Waals surface area contributed by atoms with Gasteiger partial charge in [-0.15, -0.1) is 0 Å². The Morgan fingerprint density at radius 2 is 1.33 bits per heavy atom. The van der Waals surface area contributed by atoms with Gasteiger partial charge in [0.2, 0.25) is 0 Å². The molecule has 76 valence electrons. The SMILES string of the molecule is CCCCC.CCCN(C)CC. The van der Waals surface area contributed by atoms with Crippen LogP contribution in [0.2, 0.25) is 0 Å². The van der Waals surface area contributed by atoms with E-state index in [1.54, 1.807) is 0 Å². The molecule has 0 atom stereocenters. The first-order valence-corrected chi connectivity index (χ1v) is 5.41. The molecular weight excluding hydrogens is 146 g/mol. The maximum atomic E-state index is 2.31. The first kappa shape index (κ1) is 14.5. The van der Waals surface area contributed by atoms with Crippen LogP contribution in [0.1, 0.15) is 53.4 Å². The largest absolute Gasteiger partial charge is 0.307 e. The Morgan fingerprint density at radius 3 is 1.42 bits per heavy atom. The van der Waals surface area contributed by atoms with Gasteiger partial charge < -0.3 is 4.90 Å². The monoisotopic (exact) mass is 173 g/mol. The number of hydrogen-bond donors (Lipinski definition) is 0. The van der Waals surface area contributed by atoms with Crippen molar-refractivity contribution < 1.29 is 0 Å². The molecule has 0 aliphatic carbocycles. The van der Waals surface area contributed by atoms with E-state index in [-0.39, 0.29) is 0 Å². The molecule has 0 radical (unpaired) electrons. The van der Waals surface area contributed by atoms with E-state index in [1.165, 1.54) is 38.8 Å². The fourth-order valence-electron chi connectivity index (χ4n) is 0.893. The van der Waals surface area contributed by atoms with Crippen LogP contribution in [0.5, 0.6) is 0 Å². The molecule has 0 aromatic carbocycles. The third-order valence-corrected chi connectivity index (χ3v) is 1.85. The van der Waals surface area contributed by atoms with Crippen LogP contribution in [0.3, 0.4) is 0 Å². The summed E-state index contributed by atoms with van der Waals surface area (Å²) in [6.45, 7) is 11.2. The lowest BCUT2D eigenvalue weighted by Gasteiger charge is -2.10. The second-order valence-electron chi connectivity index (χ2n) is 3.25. The molecule has 0 aromatic heterocycles. The van der Waals surface area contributed by atoms with Crippen molar-refractivity contribution in [1.82, 2.24) is 4.90 Å². The molecule has 0 aliphatic rings. The Hall–Kier alpha value is -0.0400. The highest BCUT2D eigenvalue weighted by Crippen LogP contribution is 1.88. The van der Waals surface area contributed by atoms with Crippen LogP contribution < -0.4 is 0 Å². The first-order valence-electron chi connectivity index (χ1n) is 5.41. The standard InChI is InChI=1S/C6H15N.C5H12/c1-4-6-7(3)5-2;1-3-5-4-2/h4-6H2,1-3H3;3-5H2,1-2H3. The number of unbranched alkanes of at least 4 members (excludes halogenated alkanes) is 2. The molecule has 0 unspecified atom stereocenters. The maximum absolute atomic E-state index is 2.31. The highest BCUT2D eigenvalue weighted by atomic mass is 15.1. The van der Waals surface area contributed by atoms with Gasteiger partial charge in [0.15, 0.2) is 0 Å². The molecule has 0 rings (SSSR count). The summed E-state index contributed by atoms with van der Waals surface area (Å²) >= 11 is 0. The molecule has 1 nitrogen and oxygen atoms in total. The summed E-state index contributed by atoms with van der Waals surface area (Å²) < 4.78 is 0. The Bertz CT molecular complexity index is 60.0. The molecule has 0 aromatic rings. The number of hydrogen-bond acceptors (Lipinski definition) is 1. The van der Waals surface area contributed by atoms with Crippen molar-refractivity contribution >= 4 is 0 Å². The van der Waals surface area contributed by atoms with Gasteiger partial charge >= 0.3 is 0 Å². The minimum absolute atomic E-state index is 1.17. The van der Waals surface area contributed by atoms with Gasteiger partial charge in [0.05, 0.1) is 0 Å². The summed E-state index contributed by atoms with van der Waals surface area (Å²) in [6.07, 6.45) is 5.34. The number of nitrogens with zero attached hydrogens (tertiary/aromatic N) is 1. The summed E-state index contributed by atoms with van der Waals surface area (Å²) in [5.41, 5.74) is 0. The van der Waals surface area contributed by atoms with Crippen LogP contribution >= 0.6 is 0 Å². The fraction of sp³-hybridized carbons (Fsp3) is 1.00. The third kappa shape index (κ3) is 16.5. The van der Waals surface area contributed by atoms with E-state index in [2.05, 4.69) is 39.6 Å². The summed E-state index contributed by atoms with van der Waals surface area (Å²) in [5, 5.41) is 0. The van der Waals surface area contributed by atoms with E-state index >= 15 is 0 Å². The highest BCUT2D eigenvalue weighted by Gasteiger charge is 1.86. The van der Waals surface area contributed by atoms with Crippen molar-refractivity contribution in [3.63, 3.8) is 0 Å². The molecule has 1 heteroatoms. The lowest BCUT2D eigenvalue weighted by molar-refractivity contribution is 0.353. The van der Waals surface area contributed by atoms with Gasteiger partial charge in [-0.05, 0) is 26.6 Å². The molecule has 0 aliphatic heterocycles. The van der Waals surface area contributed by atoms with Crippen LogP contribution in [-0.2, 0) is 0 Å². The molecule has 0 amide bonds. The van der Waals surface area contributed by atoms with Crippen LogP contribution in [0, 0.1) is 0 Å². The topological polar surface area (TPSA) is 3.24 Å². The zero-order chi connectivity index (χ0) is 9.82. The minimum atomic E-state index is 1.17. The van der Waals surface area contributed by atoms with Crippen molar-refractivity contribution in [3.8, 4) is 0 Å². The van der Waals surface area contributed by atoms with Gasteiger partial charge in [-0.3, -0.25) is 0 Å². The molecule has 0 bridgehead atoms. The van der Waals surface area contributed by atoms with E-state index in [0.29, 0.717) is 0 Å². The summed E-state index contributed by atoms with van der Waals surface area (Å²) in [7, 11) is 2.14. The zero-order valence-electron chi connectivity index (χ0n) is 9.69. The van der Waals surface area contributed by atoms with E-state index < -0.39 is 0 Å². The van der Waals surface area contributed by atoms with Crippen LogP contribution in [0.15, 0.2) is 0 Å². The van der Waals surface area contributed by atoms with Gasteiger partial charge in [0, 0.05) is 0 Å². The summed E-state index contributed by atoms with van der Waals surface area (Å²) in [5.74, 6) is 0. The van der Waals surface area contributed by atoms with Gasteiger partial charge in [-0.1, -0.05) is 47.0 Å². The van der Waals surface area contributed by atoms with Crippen molar-refractivity contribution in [2.45, 2.75) is 53.4 Å². The van der Waals surface area contributed by atoms with Crippen LogP contribution in [0.25, 0.3) is 0 Å². The molecule has 0 saturated heterocycles. The third-order valence-electron chi connectivity index (χ3n) is 1.85. The predicted molar refractivity (Wildman–Crippen MR) is 58.7 cm³/mol. The van der Waals surface area contributed by atoms with Crippen LogP contribution in [-0.4, -0.2) is 25.0 Å². The Morgan fingerprint density at radius 1 is 0.833 bits per heavy atom. The van der Waals surface area contributed by atoms with E-state index in [4.69, 9.17) is 0 Å². The highest BCUT2D eigenvalue weighted by molar-refractivity contribution is 4.41. The summed E-state index contributed by atoms with van der Waals surface area (Å²) in [4.78, 5) is 2.31. The van der Waals surface area contributed by atoms with Crippen molar-refractivity contribution in [1.29, 1.82) is 0 Å². The minimum Gasteiger partial charge on any atom is -0.307 e. The second-order valence-corrected chi connectivity index (χ2v) is 3.25. The Balaban J connectivity index is 0. The predicted octanol–water partition coefficient (Wildman–Crippen LogP) is 3.54. The summed E-state index contributed by atoms with van der Waals surface area (Å²) in [6, 6.07) is 0. The van der Waals surface area contributed by atoms with Gasteiger partial charge in [0.1, 0.15) is 0 Å². The fourth-order valence-corrected chi connectivity index (χ4v) is 0.893. The van der Waals surface area contributed by atoms with Crippen molar-refractivity contribution in [2.24, 2.45) is 0 Å². The molecule has 0 saturated carbocycles. The molecule has 0 N–H and O–H groups in total. The smallest absolute Gasteiger partial charge is 0.00245 e. The van der Waals surface area contributed by atoms with E-state index in [1.807, 2.05) is 0 Å². The van der Waals surface area contributed by atoms with Crippen molar-refractivity contribution in [2.75, 3.05) is 20.1 Å². The maximum Gasteiger partial charge on any atom is -0.00245 e. The van der Waals surface area contributed by atoms with Gasteiger partial charge in [0.25, 0.3) is 0 Å². The first-order chi connectivity index (χ1) is 5.72. The lowest BCUT2D eigenvalue weighted by Crippen LogP contribution is -2.17.